The summed E-state index contributed by atoms with van der Waals surface area (Å²) in [6, 6.07) is 9.59. The summed E-state index contributed by atoms with van der Waals surface area (Å²) >= 11 is 0. The van der Waals surface area contributed by atoms with Gasteiger partial charge in [0.25, 0.3) is 0 Å². The lowest BCUT2D eigenvalue weighted by molar-refractivity contribution is -0.141. The minimum atomic E-state index is -0.635. The van der Waals surface area contributed by atoms with E-state index in [0.717, 1.165) is 0 Å². The quantitative estimate of drug-likeness (QED) is 0.649. The number of rotatable bonds is 9. The molecule has 6 atom stereocenters. The number of fused-ring (bicyclic) bond motifs is 2. The van der Waals surface area contributed by atoms with Crippen LogP contribution in [0.1, 0.15) is 65.4 Å². The van der Waals surface area contributed by atoms with Crippen LogP contribution in [0.15, 0.2) is 30.3 Å². The first-order valence-corrected chi connectivity index (χ1v) is 11.6. The van der Waals surface area contributed by atoms with E-state index in [1.807, 2.05) is 45.6 Å². The Balaban J connectivity index is 1.85. The highest BCUT2D eigenvalue weighted by Crippen LogP contribution is 2.55. The first kappa shape index (κ1) is 21.4. The van der Waals surface area contributed by atoms with Gasteiger partial charge in [0, 0.05) is 18.5 Å². The number of hydrogen-bond acceptors (Lipinski definition) is 3. The summed E-state index contributed by atoms with van der Waals surface area (Å²) < 4.78 is 7.51. The second-order valence-corrected chi connectivity index (χ2v) is 9.84. The predicted molar refractivity (Wildman–Crippen MR) is 121 cm³/mol. The fourth-order valence-corrected chi connectivity index (χ4v) is 5.61. The molecule has 166 valence electrons. The number of nitrogens with zero attached hydrogens (tertiary/aromatic N) is 1. The van der Waals surface area contributed by atoms with Crippen molar-refractivity contribution in [3.8, 4) is 0 Å². The minimum Gasteiger partial charge on any atom is -0.343 e. The van der Waals surface area contributed by atoms with Gasteiger partial charge in [-0.3, -0.25) is 9.59 Å². The molecule has 2 saturated carbocycles. The third kappa shape index (κ3) is 4.41. The van der Waals surface area contributed by atoms with Gasteiger partial charge in [0.05, 0.1) is 6.04 Å². The molecule has 4 unspecified atom stereocenters. The highest BCUT2D eigenvalue weighted by atomic mass is 16.2. The second-order valence-electron chi connectivity index (χ2n) is 9.84. The Morgan fingerprint density at radius 1 is 1.13 bits per heavy atom. The highest BCUT2D eigenvalue weighted by Gasteiger charge is 2.51. The lowest BCUT2D eigenvalue weighted by Gasteiger charge is -2.42. The monoisotopic (exact) mass is 414 g/mol. The third-order valence-electron chi connectivity index (χ3n) is 7.22. The zero-order valence-corrected chi connectivity index (χ0v) is 19.1. The third-order valence-corrected chi connectivity index (χ3v) is 7.22. The average molecular weight is 415 g/mol. The molecule has 1 aromatic carbocycles. The number of likely N-dealkylation sites (N-methyl/N-ethyl adjacent to an activating group) is 1. The minimum absolute atomic E-state index is 0.0109. The van der Waals surface area contributed by atoms with Crippen molar-refractivity contribution in [2.24, 2.45) is 29.4 Å². The molecule has 0 radical (unpaired) electrons. The molecule has 2 aliphatic carbocycles. The SMILES string of the molecule is [2H]N[C@H](C(=O)N[C@H](C(=O)N(CC)C1C2CCC(C2)C1c1ccccc1)C(C)C)C(C)C. The van der Waals surface area contributed by atoms with Crippen LogP contribution in [0.4, 0.5) is 0 Å². The Morgan fingerprint density at radius 2 is 1.80 bits per heavy atom. The molecule has 30 heavy (non-hydrogen) atoms. The molecule has 5 nitrogen and oxygen atoms in total. The molecule has 0 aliphatic heterocycles. The van der Waals surface area contributed by atoms with E-state index in [-0.39, 0.29) is 29.7 Å². The zero-order valence-electron chi connectivity index (χ0n) is 20.1. The number of amides is 2. The molecule has 1 aromatic rings. The fourth-order valence-electron chi connectivity index (χ4n) is 5.61. The van der Waals surface area contributed by atoms with Crippen LogP contribution in [0.3, 0.4) is 0 Å². The summed E-state index contributed by atoms with van der Waals surface area (Å²) in [6.07, 6.45) is 3.60. The predicted octanol–water partition coefficient (Wildman–Crippen LogP) is 3.54. The van der Waals surface area contributed by atoms with E-state index in [0.29, 0.717) is 24.3 Å². The lowest BCUT2D eigenvalue weighted by atomic mass is 9.78. The van der Waals surface area contributed by atoms with Crippen molar-refractivity contribution >= 4 is 11.8 Å². The largest absolute Gasteiger partial charge is 0.343 e. The van der Waals surface area contributed by atoms with Crippen LogP contribution in [-0.4, -0.2) is 41.4 Å². The molecule has 5 heteroatoms. The number of hydrogen-bond donors (Lipinski definition) is 2. The Hall–Kier alpha value is -1.88. The second kappa shape index (κ2) is 9.51. The standard InChI is InChI=1S/C25H39N3O2/c1-6-28(25(30)22(16(4)5)27-24(29)21(26)15(2)3)23-19-13-12-18(14-19)20(23)17-10-8-7-9-11-17/h7-11,15-16,18-23H,6,12-14,26H2,1-5H3,(H,27,29)/t18?,19?,20?,21-,22-,23?/m0/s1/i/hD. The molecule has 0 aromatic heterocycles. The van der Waals surface area contributed by atoms with Crippen molar-refractivity contribution in [3.63, 3.8) is 0 Å². The molecule has 3 rings (SSSR count). The zero-order chi connectivity index (χ0) is 22.7. The Kier molecular flexibility index (Phi) is 6.77. The van der Waals surface area contributed by atoms with Crippen LogP contribution >= 0.6 is 0 Å². The maximum absolute atomic E-state index is 13.8. The Morgan fingerprint density at radius 3 is 2.37 bits per heavy atom. The van der Waals surface area contributed by atoms with Gasteiger partial charge in [-0.2, -0.15) is 0 Å². The smallest absolute Gasteiger partial charge is 0.245 e. The molecular formula is C25H39N3O2. The van der Waals surface area contributed by atoms with Crippen LogP contribution in [0, 0.1) is 23.7 Å². The topological polar surface area (TPSA) is 75.4 Å². The van der Waals surface area contributed by atoms with Gasteiger partial charge in [-0.15, -0.1) is 0 Å². The van der Waals surface area contributed by atoms with Gasteiger partial charge in [-0.25, -0.2) is 0 Å². The van der Waals surface area contributed by atoms with Crippen molar-refractivity contribution in [3.05, 3.63) is 35.9 Å². The number of nitrogens with one attached hydrogen (secondary N) is 1. The summed E-state index contributed by atoms with van der Waals surface area (Å²) in [6.45, 7) is 10.4. The van der Waals surface area contributed by atoms with Crippen molar-refractivity contribution < 1.29 is 11.0 Å². The van der Waals surface area contributed by atoms with Crippen LogP contribution < -0.4 is 11.0 Å². The van der Waals surface area contributed by atoms with Crippen LogP contribution in [-0.2, 0) is 9.59 Å². The molecule has 3 N–H and O–H groups in total. The number of benzene rings is 1. The van der Waals surface area contributed by atoms with E-state index in [4.69, 9.17) is 1.41 Å². The van der Waals surface area contributed by atoms with E-state index in [9.17, 15) is 9.59 Å². The molecule has 0 spiro atoms. The van der Waals surface area contributed by atoms with Gasteiger partial charge in [-0.05, 0) is 55.4 Å². The number of carbonyl (C=O) groups is 2. The van der Waals surface area contributed by atoms with Gasteiger partial charge < -0.3 is 15.9 Å². The fraction of sp³-hybridized carbons (Fsp3) is 0.680. The maximum Gasteiger partial charge on any atom is 0.245 e. The van der Waals surface area contributed by atoms with Gasteiger partial charge in [0.1, 0.15) is 7.45 Å². The van der Waals surface area contributed by atoms with Crippen LogP contribution in [0.2, 0.25) is 1.41 Å². The summed E-state index contributed by atoms with van der Waals surface area (Å²) in [5.74, 6) is 1.20. The average Bonchev–Trinajstić information content (AvgIpc) is 3.35. The van der Waals surface area contributed by atoms with Gasteiger partial charge in [0.15, 0.2) is 0 Å². The lowest BCUT2D eigenvalue weighted by Crippen LogP contribution is -2.58. The summed E-state index contributed by atoms with van der Waals surface area (Å²) in [5.41, 5.74) is 3.67. The molecule has 2 fully saturated rings. The summed E-state index contributed by atoms with van der Waals surface area (Å²) in [4.78, 5) is 28.7. The number of carbonyl (C=O) groups excluding carboxylic acids is 2. The van der Waals surface area contributed by atoms with Gasteiger partial charge in [-0.1, -0.05) is 58.0 Å². The molecule has 2 bridgehead atoms. The van der Waals surface area contributed by atoms with Crippen molar-refractivity contribution in [1.82, 2.24) is 10.2 Å². The highest BCUT2D eigenvalue weighted by molar-refractivity contribution is 5.90. The van der Waals surface area contributed by atoms with E-state index in [1.165, 1.54) is 24.8 Å². The molecule has 2 amide bonds. The van der Waals surface area contributed by atoms with Crippen LogP contribution in [0.25, 0.3) is 0 Å². The van der Waals surface area contributed by atoms with E-state index >= 15 is 0 Å². The molecule has 0 heterocycles. The van der Waals surface area contributed by atoms with Crippen molar-refractivity contribution in [1.29, 1.82) is 0 Å². The molecule has 2 aliphatic rings. The maximum atomic E-state index is 13.8. The van der Waals surface area contributed by atoms with Crippen molar-refractivity contribution in [2.75, 3.05) is 6.54 Å². The van der Waals surface area contributed by atoms with Crippen molar-refractivity contribution in [2.45, 2.75) is 77.9 Å². The Bertz CT molecular complexity index is 754. The number of nitrogens with two attached hydrogens (primary N) is 1. The van der Waals surface area contributed by atoms with Gasteiger partial charge in [0.2, 0.25) is 11.8 Å². The normalized spacial score (nSPS) is 27.8. The first-order chi connectivity index (χ1) is 14.8. The molecule has 0 saturated heterocycles. The van der Waals surface area contributed by atoms with E-state index in [1.54, 1.807) is 0 Å². The Labute approximate surface area is 183 Å². The summed E-state index contributed by atoms with van der Waals surface area (Å²) in [5, 5.41) is 2.97. The van der Waals surface area contributed by atoms with E-state index < -0.39 is 12.1 Å². The molecular weight excluding hydrogens is 374 g/mol. The first-order valence-electron chi connectivity index (χ1n) is 12.1. The van der Waals surface area contributed by atoms with E-state index in [2.05, 4.69) is 35.3 Å². The van der Waals surface area contributed by atoms with Gasteiger partial charge >= 0.3 is 0 Å². The van der Waals surface area contributed by atoms with Crippen LogP contribution in [0.5, 0.6) is 0 Å². The summed E-state index contributed by atoms with van der Waals surface area (Å²) in [7, 11) is 0.